The molecule has 0 radical (unpaired) electrons. The number of hydrogen-bond donors (Lipinski definition) is 2. The summed E-state index contributed by atoms with van der Waals surface area (Å²) in [7, 11) is 0. The second kappa shape index (κ2) is 7.79. The molecule has 1 aromatic rings. The lowest BCUT2D eigenvalue weighted by molar-refractivity contribution is -0.0668. The molecule has 0 aromatic carbocycles. The third kappa shape index (κ3) is 4.15. The molecule has 1 atom stereocenters. The standard InChI is InChI=1S/C17H28N4O.HI/c1-6-19-15(21-12-16(2,3)17(21,4)5)20-11-14(22)13-7-9-18-10-8-13;/h7-10,14,22H,6,11-12H2,1-5H3,(H,19,20);1H. The van der Waals surface area contributed by atoms with Crippen molar-refractivity contribution < 1.29 is 5.11 Å². The first kappa shape index (κ1) is 20.2. The van der Waals surface area contributed by atoms with Gasteiger partial charge in [-0.1, -0.05) is 13.8 Å². The van der Waals surface area contributed by atoms with Crippen molar-refractivity contribution in [1.82, 2.24) is 15.2 Å². The summed E-state index contributed by atoms with van der Waals surface area (Å²) >= 11 is 0. The number of pyridine rings is 1. The van der Waals surface area contributed by atoms with E-state index in [0.717, 1.165) is 24.6 Å². The predicted molar refractivity (Wildman–Crippen MR) is 105 cm³/mol. The van der Waals surface area contributed by atoms with E-state index in [1.807, 2.05) is 12.1 Å². The number of nitrogens with zero attached hydrogens (tertiary/aromatic N) is 3. The Balaban J connectivity index is 0.00000264. The molecule has 0 saturated carbocycles. The molecular weight excluding hydrogens is 403 g/mol. The third-order valence-corrected chi connectivity index (χ3v) is 4.98. The van der Waals surface area contributed by atoms with Crippen LogP contribution in [0.3, 0.4) is 0 Å². The number of likely N-dealkylation sites (tertiary alicyclic amines) is 1. The highest BCUT2D eigenvalue weighted by atomic mass is 127. The highest BCUT2D eigenvalue weighted by molar-refractivity contribution is 14.0. The predicted octanol–water partition coefficient (Wildman–Crippen LogP) is 2.82. The summed E-state index contributed by atoms with van der Waals surface area (Å²) in [6.45, 7) is 13.2. The van der Waals surface area contributed by atoms with Crippen molar-refractivity contribution in [2.24, 2.45) is 10.4 Å². The van der Waals surface area contributed by atoms with Crippen LogP contribution in [0.1, 0.15) is 46.3 Å². The quantitative estimate of drug-likeness (QED) is 0.437. The molecule has 0 amide bonds. The van der Waals surface area contributed by atoms with E-state index >= 15 is 0 Å². The van der Waals surface area contributed by atoms with Gasteiger partial charge in [-0.05, 0) is 38.5 Å². The van der Waals surface area contributed by atoms with E-state index in [-0.39, 0.29) is 34.9 Å². The summed E-state index contributed by atoms with van der Waals surface area (Å²) < 4.78 is 0. The summed E-state index contributed by atoms with van der Waals surface area (Å²) in [4.78, 5) is 10.9. The van der Waals surface area contributed by atoms with Crippen LogP contribution in [0.15, 0.2) is 29.5 Å². The molecule has 1 aliphatic heterocycles. The fraction of sp³-hybridized carbons (Fsp3) is 0.647. The largest absolute Gasteiger partial charge is 0.386 e. The number of aliphatic hydroxyl groups is 1. The van der Waals surface area contributed by atoms with Crippen LogP contribution >= 0.6 is 24.0 Å². The lowest BCUT2D eigenvalue weighted by atomic mass is 9.65. The zero-order valence-corrected chi connectivity index (χ0v) is 17.0. The van der Waals surface area contributed by atoms with E-state index in [2.05, 4.69) is 54.8 Å². The molecule has 1 fully saturated rings. The number of aliphatic imine (C=N–C) groups is 1. The van der Waals surface area contributed by atoms with Crippen molar-refractivity contribution in [3.05, 3.63) is 30.1 Å². The first-order chi connectivity index (χ1) is 10.3. The molecule has 1 unspecified atom stereocenters. The first-order valence-corrected chi connectivity index (χ1v) is 7.93. The molecule has 1 aromatic heterocycles. The number of aliphatic hydroxyl groups excluding tert-OH is 1. The molecule has 23 heavy (non-hydrogen) atoms. The average molecular weight is 432 g/mol. The van der Waals surface area contributed by atoms with Gasteiger partial charge in [0, 0.05) is 36.4 Å². The molecule has 2 rings (SSSR count). The second-order valence-corrected chi connectivity index (χ2v) is 7.02. The minimum Gasteiger partial charge on any atom is -0.386 e. The number of aromatic nitrogens is 1. The van der Waals surface area contributed by atoms with Gasteiger partial charge in [-0.2, -0.15) is 0 Å². The Morgan fingerprint density at radius 2 is 1.96 bits per heavy atom. The minimum atomic E-state index is -0.603. The summed E-state index contributed by atoms with van der Waals surface area (Å²) in [6.07, 6.45) is 2.78. The van der Waals surface area contributed by atoms with E-state index in [1.54, 1.807) is 12.4 Å². The molecule has 1 aliphatic rings. The highest BCUT2D eigenvalue weighted by Gasteiger charge is 2.53. The van der Waals surface area contributed by atoms with Crippen molar-refractivity contribution in [1.29, 1.82) is 0 Å². The molecule has 1 saturated heterocycles. The van der Waals surface area contributed by atoms with Gasteiger partial charge in [0.25, 0.3) is 0 Å². The van der Waals surface area contributed by atoms with Gasteiger partial charge in [0.1, 0.15) is 0 Å². The van der Waals surface area contributed by atoms with Gasteiger partial charge in [0.15, 0.2) is 5.96 Å². The van der Waals surface area contributed by atoms with Crippen LogP contribution in [0.5, 0.6) is 0 Å². The number of halogens is 1. The summed E-state index contributed by atoms with van der Waals surface area (Å²) in [5.74, 6) is 0.875. The number of rotatable bonds is 4. The Labute approximate surface area is 156 Å². The van der Waals surface area contributed by atoms with E-state index in [0.29, 0.717) is 6.54 Å². The topological polar surface area (TPSA) is 60.8 Å². The Hall–Kier alpha value is -0.890. The monoisotopic (exact) mass is 432 g/mol. The normalized spacial score (nSPS) is 20.3. The lowest BCUT2D eigenvalue weighted by Gasteiger charge is -2.62. The summed E-state index contributed by atoms with van der Waals surface area (Å²) in [5, 5.41) is 13.6. The van der Waals surface area contributed by atoms with Crippen molar-refractivity contribution in [3.63, 3.8) is 0 Å². The van der Waals surface area contributed by atoms with Gasteiger partial charge in [-0.3, -0.25) is 9.98 Å². The van der Waals surface area contributed by atoms with Crippen LogP contribution in [0.25, 0.3) is 0 Å². The Kier molecular flexibility index (Phi) is 6.82. The van der Waals surface area contributed by atoms with Gasteiger partial charge in [0.2, 0.25) is 0 Å². The van der Waals surface area contributed by atoms with Crippen LogP contribution in [0, 0.1) is 5.41 Å². The van der Waals surface area contributed by atoms with Crippen molar-refractivity contribution in [2.45, 2.75) is 46.3 Å². The number of nitrogens with one attached hydrogen (secondary N) is 1. The molecule has 6 heteroatoms. The fourth-order valence-corrected chi connectivity index (χ4v) is 2.66. The van der Waals surface area contributed by atoms with Crippen LogP contribution in [-0.4, -0.2) is 46.1 Å². The molecule has 2 N–H and O–H groups in total. The molecular formula is C17H29IN4O. The third-order valence-electron chi connectivity index (χ3n) is 4.98. The van der Waals surface area contributed by atoms with Gasteiger partial charge in [0.05, 0.1) is 12.6 Å². The second-order valence-electron chi connectivity index (χ2n) is 7.02. The van der Waals surface area contributed by atoms with Crippen LogP contribution in [0.4, 0.5) is 0 Å². The molecule has 130 valence electrons. The SMILES string of the molecule is CCNC(=NCC(O)c1ccncc1)N1CC(C)(C)C1(C)C.I. The lowest BCUT2D eigenvalue weighted by Crippen LogP contribution is -2.72. The maximum atomic E-state index is 10.3. The molecule has 2 heterocycles. The van der Waals surface area contributed by atoms with Crippen molar-refractivity contribution in [3.8, 4) is 0 Å². The van der Waals surface area contributed by atoms with Crippen molar-refractivity contribution >= 4 is 29.9 Å². The van der Waals surface area contributed by atoms with Crippen LogP contribution in [0.2, 0.25) is 0 Å². The smallest absolute Gasteiger partial charge is 0.194 e. The average Bonchev–Trinajstić information content (AvgIpc) is 2.50. The molecule has 0 bridgehead atoms. The van der Waals surface area contributed by atoms with E-state index < -0.39 is 6.10 Å². The molecule has 5 nitrogen and oxygen atoms in total. The maximum Gasteiger partial charge on any atom is 0.194 e. The maximum absolute atomic E-state index is 10.3. The zero-order valence-electron chi connectivity index (χ0n) is 14.7. The Bertz CT molecular complexity index is 531. The van der Waals surface area contributed by atoms with Gasteiger partial charge in [-0.15, -0.1) is 24.0 Å². The van der Waals surface area contributed by atoms with E-state index in [9.17, 15) is 5.11 Å². The first-order valence-electron chi connectivity index (χ1n) is 7.93. The van der Waals surface area contributed by atoms with Gasteiger partial charge in [-0.25, -0.2) is 0 Å². The molecule has 0 aliphatic carbocycles. The number of hydrogen-bond acceptors (Lipinski definition) is 3. The summed E-state index contributed by atoms with van der Waals surface area (Å²) in [5.41, 5.74) is 1.15. The van der Waals surface area contributed by atoms with Gasteiger partial charge < -0.3 is 15.3 Å². The van der Waals surface area contributed by atoms with Crippen LogP contribution in [-0.2, 0) is 0 Å². The van der Waals surface area contributed by atoms with Gasteiger partial charge >= 0.3 is 0 Å². The van der Waals surface area contributed by atoms with E-state index in [1.165, 1.54) is 0 Å². The molecule has 0 spiro atoms. The fourth-order valence-electron chi connectivity index (χ4n) is 2.66. The van der Waals surface area contributed by atoms with Crippen LogP contribution < -0.4 is 5.32 Å². The Morgan fingerprint density at radius 1 is 1.35 bits per heavy atom. The zero-order chi connectivity index (χ0) is 16.4. The Morgan fingerprint density at radius 3 is 2.43 bits per heavy atom. The number of guanidine groups is 1. The minimum absolute atomic E-state index is 0. The van der Waals surface area contributed by atoms with E-state index in [4.69, 9.17) is 0 Å². The van der Waals surface area contributed by atoms with Crippen molar-refractivity contribution in [2.75, 3.05) is 19.6 Å². The highest BCUT2D eigenvalue weighted by Crippen LogP contribution is 2.46. The summed E-state index contributed by atoms with van der Waals surface area (Å²) in [6, 6.07) is 3.65.